The molecule has 194 valence electrons. The Hall–Kier alpha value is -3.36. The zero-order valence-electron chi connectivity index (χ0n) is 20.9. The molecule has 0 saturated heterocycles. The van der Waals surface area contributed by atoms with E-state index in [0.29, 0.717) is 19.4 Å². The largest absolute Gasteiger partial charge is 0.497 e. The number of thioether (sulfide) groups is 1. The number of hydrogen-bond donors (Lipinski definition) is 2. The highest BCUT2D eigenvalue weighted by Gasteiger charge is 2.29. The van der Waals surface area contributed by atoms with Crippen LogP contribution in [0.4, 0.5) is 5.69 Å². The zero-order valence-corrected chi connectivity index (χ0v) is 22.5. The van der Waals surface area contributed by atoms with Crippen LogP contribution in [0.25, 0.3) is 0 Å². The highest BCUT2D eigenvalue weighted by atomic mass is 35.5. The molecule has 9 heteroatoms. The van der Waals surface area contributed by atoms with Crippen LogP contribution in [-0.2, 0) is 17.1 Å². The molecule has 0 spiro atoms. The van der Waals surface area contributed by atoms with Crippen molar-refractivity contribution in [2.75, 3.05) is 19.1 Å². The van der Waals surface area contributed by atoms with Gasteiger partial charge in [0.1, 0.15) is 17.7 Å². The number of nitrogens with one attached hydrogen (secondary N) is 2. The van der Waals surface area contributed by atoms with Gasteiger partial charge in [0, 0.05) is 41.1 Å². The summed E-state index contributed by atoms with van der Waals surface area (Å²) in [5.74, 6) is 2.29. The van der Waals surface area contributed by atoms with E-state index in [2.05, 4.69) is 26.8 Å². The summed E-state index contributed by atoms with van der Waals surface area (Å²) >= 11 is 7.80. The molecule has 1 aliphatic heterocycles. The number of para-hydroxylation sites is 1. The lowest BCUT2D eigenvalue weighted by Gasteiger charge is -2.27. The van der Waals surface area contributed by atoms with Crippen molar-refractivity contribution in [1.82, 2.24) is 10.7 Å². The minimum absolute atomic E-state index is 0.00769. The fraction of sp³-hybridized carbons (Fsp3) is 0.286. The standard InChI is InChI=1S/C28H31ClN4O3S/c1-35-24-12-6-11-23(17-24)33-26(31-32-28(33)37-19-20-8-5-10-22(29)16-20)14-7-15-27(34)30-18-21-9-3-4-13-25(21)36-2/h3-6,8-13,16-17,26,31H,7,14-15,18-19H2,1-2H3,(H,30,34). The Balaban J connectivity index is 1.36. The molecular weight excluding hydrogens is 508 g/mol. The number of carbonyl (C=O) groups excluding carboxylic acids is 1. The molecule has 3 aromatic carbocycles. The predicted octanol–water partition coefficient (Wildman–Crippen LogP) is 5.78. The number of ether oxygens (including phenoxy) is 2. The number of halogens is 1. The van der Waals surface area contributed by atoms with E-state index in [1.54, 1.807) is 26.0 Å². The summed E-state index contributed by atoms with van der Waals surface area (Å²) in [5.41, 5.74) is 6.32. The van der Waals surface area contributed by atoms with Gasteiger partial charge < -0.3 is 14.8 Å². The van der Waals surface area contributed by atoms with Crippen LogP contribution < -0.4 is 25.1 Å². The van der Waals surface area contributed by atoms with E-state index in [-0.39, 0.29) is 12.1 Å². The first-order valence-corrected chi connectivity index (χ1v) is 13.5. The van der Waals surface area contributed by atoms with Gasteiger partial charge in [-0.3, -0.25) is 15.1 Å². The molecule has 1 heterocycles. The Kier molecular flexibility index (Phi) is 9.57. The highest BCUT2D eigenvalue weighted by Crippen LogP contribution is 2.31. The van der Waals surface area contributed by atoms with E-state index in [1.165, 1.54) is 0 Å². The second kappa shape index (κ2) is 13.3. The van der Waals surface area contributed by atoms with Gasteiger partial charge in [-0.15, -0.1) is 0 Å². The van der Waals surface area contributed by atoms with Crippen LogP contribution in [0.2, 0.25) is 5.02 Å². The molecule has 0 bridgehead atoms. The summed E-state index contributed by atoms with van der Waals surface area (Å²) < 4.78 is 10.8. The van der Waals surface area contributed by atoms with E-state index >= 15 is 0 Å². The minimum atomic E-state index is -0.0732. The Morgan fingerprint density at radius 3 is 2.73 bits per heavy atom. The molecule has 1 atom stereocenters. The quantitative estimate of drug-likeness (QED) is 0.322. The van der Waals surface area contributed by atoms with E-state index in [4.69, 9.17) is 21.1 Å². The van der Waals surface area contributed by atoms with Gasteiger partial charge in [-0.05, 0) is 48.7 Å². The molecular formula is C28H31ClN4O3S. The van der Waals surface area contributed by atoms with Crippen molar-refractivity contribution in [2.24, 2.45) is 5.10 Å². The van der Waals surface area contributed by atoms with Crippen LogP contribution in [0.5, 0.6) is 11.5 Å². The monoisotopic (exact) mass is 538 g/mol. The van der Waals surface area contributed by atoms with Crippen LogP contribution in [0.3, 0.4) is 0 Å². The van der Waals surface area contributed by atoms with Gasteiger partial charge in [-0.1, -0.05) is 59.8 Å². The number of rotatable bonds is 11. The lowest BCUT2D eigenvalue weighted by atomic mass is 10.1. The van der Waals surface area contributed by atoms with Crippen molar-refractivity contribution in [1.29, 1.82) is 0 Å². The average Bonchev–Trinajstić information content (AvgIpc) is 3.33. The van der Waals surface area contributed by atoms with Crippen LogP contribution in [0.1, 0.15) is 30.4 Å². The molecule has 0 saturated carbocycles. The number of benzene rings is 3. The molecule has 3 aromatic rings. The minimum Gasteiger partial charge on any atom is -0.497 e. The number of anilines is 1. The fourth-order valence-electron chi connectivity index (χ4n) is 4.08. The number of hydrogen-bond acceptors (Lipinski definition) is 7. The SMILES string of the molecule is COc1cccc(N2C(SCc3cccc(Cl)c3)=NNC2CCCC(=O)NCc2ccccc2OC)c1. The molecule has 0 aliphatic carbocycles. The highest BCUT2D eigenvalue weighted by molar-refractivity contribution is 8.13. The third-order valence-corrected chi connectivity index (χ3v) is 7.22. The zero-order chi connectivity index (χ0) is 26.0. The Bertz CT molecular complexity index is 1240. The smallest absolute Gasteiger partial charge is 0.220 e. The van der Waals surface area contributed by atoms with Crippen molar-refractivity contribution in [3.05, 3.63) is 88.9 Å². The summed E-state index contributed by atoms with van der Waals surface area (Å²) in [5, 5.41) is 9.20. The summed E-state index contributed by atoms with van der Waals surface area (Å²) in [6.07, 6.45) is 1.79. The normalized spacial score (nSPS) is 14.6. The number of methoxy groups -OCH3 is 2. The lowest BCUT2D eigenvalue weighted by molar-refractivity contribution is -0.121. The van der Waals surface area contributed by atoms with Gasteiger partial charge >= 0.3 is 0 Å². The van der Waals surface area contributed by atoms with E-state index in [0.717, 1.165) is 50.7 Å². The number of hydrazone groups is 1. The molecule has 2 N–H and O–H groups in total. The van der Waals surface area contributed by atoms with Gasteiger partial charge in [-0.2, -0.15) is 5.10 Å². The molecule has 37 heavy (non-hydrogen) atoms. The van der Waals surface area contributed by atoms with Crippen molar-refractivity contribution in [3.63, 3.8) is 0 Å². The van der Waals surface area contributed by atoms with Gasteiger partial charge in [0.05, 0.1) is 14.2 Å². The topological polar surface area (TPSA) is 75.2 Å². The van der Waals surface area contributed by atoms with Crippen molar-refractivity contribution < 1.29 is 14.3 Å². The summed E-state index contributed by atoms with van der Waals surface area (Å²) in [4.78, 5) is 14.7. The number of nitrogens with zero attached hydrogens (tertiary/aromatic N) is 2. The third kappa shape index (κ3) is 7.33. The first-order chi connectivity index (χ1) is 18.1. The van der Waals surface area contributed by atoms with Gasteiger partial charge in [0.2, 0.25) is 5.91 Å². The number of carbonyl (C=O) groups is 1. The molecule has 1 amide bonds. The Labute approximate surface area is 227 Å². The van der Waals surface area contributed by atoms with Crippen molar-refractivity contribution in [2.45, 2.75) is 37.7 Å². The maximum Gasteiger partial charge on any atom is 0.220 e. The second-order valence-electron chi connectivity index (χ2n) is 8.51. The summed E-state index contributed by atoms with van der Waals surface area (Å²) in [6.45, 7) is 0.438. The van der Waals surface area contributed by atoms with Crippen LogP contribution in [0.15, 0.2) is 77.9 Å². The predicted molar refractivity (Wildman–Crippen MR) is 151 cm³/mol. The number of amides is 1. The van der Waals surface area contributed by atoms with E-state index in [1.807, 2.05) is 66.7 Å². The molecule has 4 rings (SSSR count). The van der Waals surface area contributed by atoms with Gasteiger partial charge in [-0.25, -0.2) is 0 Å². The van der Waals surface area contributed by atoms with Crippen LogP contribution in [-0.4, -0.2) is 31.5 Å². The van der Waals surface area contributed by atoms with Crippen molar-refractivity contribution >= 4 is 40.1 Å². The molecule has 0 radical (unpaired) electrons. The molecule has 1 unspecified atom stereocenters. The maximum absolute atomic E-state index is 12.5. The summed E-state index contributed by atoms with van der Waals surface area (Å²) in [7, 11) is 3.29. The van der Waals surface area contributed by atoms with E-state index < -0.39 is 0 Å². The second-order valence-corrected chi connectivity index (χ2v) is 9.89. The van der Waals surface area contributed by atoms with Crippen molar-refractivity contribution in [3.8, 4) is 11.5 Å². The molecule has 1 aliphatic rings. The Morgan fingerprint density at radius 1 is 1.08 bits per heavy atom. The third-order valence-electron chi connectivity index (χ3n) is 5.97. The lowest BCUT2D eigenvalue weighted by Crippen LogP contribution is -2.39. The molecule has 7 nitrogen and oxygen atoms in total. The first kappa shape index (κ1) is 26.7. The van der Waals surface area contributed by atoms with Gasteiger partial charge in [0.25, 0.3) is 0 Å². The van der Waals surface area contributed by atoms with Crippen LogP contribution in [0, 0.1) is 0 Å². The molecule has 0 aromatic heterocycles. The fourth-order valence-corrected chi connectivity index (χ4v) is 5.26. The van der Waals surface area contributed by atoms with Gasteiger partial charge in [0.15, 0.2) is 5.17 Å². The first-order valence-electron chi connectivity index (χ1n) is 12.1. The summed E-state index contributed by atoms with van der Waals surface area (Å²) in [6, 6.07) is 23.5. The maximum atomic E-state index is 12.5. The molecule has 0 fully saturated rings. The number of amidine groups is 1. The van der Waals surface area contributed by atoms with E-state index in [9.17, 15) is 4.79 Å². The average molecular weight is 539 g/mol. The Morgan fingerprint density at radius 2 is 1.92 bits per heavy atom. The van der Waals surface area contributed by atoms with Crippen LogP contribution >= 0.6 is 23.4 Å².